The molecule has 0 aliphatic carbocycles. The first-order valence-corrected chi connectivity index (χ1v) is 12.4. The van der Waals surface area contributed by atoms with Crippen molar-refractivity contribution in [1.82, 2.24) is 14.9 Å². The average Bonchev–Trinajstić information content (AvgIpc) is 3.36. The second-order valence-electron chi connectivity index (χ2n) is 9.26. The zero-order chi connectivity index (χ0) is 35.3. The average molecular weight is 680 g/mol. The fourth-order valence-corrected chi connectivity index (χ4v) is 3.91. The van der Waals surface area contributed by atoms with E-state index in [2.05, 4.69) is 26.3 Å². The van der Waals surface area contributed by atoms with Crippen molar-refractivity contribution in [1.29, 1.82) is 0 Å². The van der Waals surface area contributed by atoms with Gasteiger partial charge >= 0.3 is 36.4 Å². The van der Waals surface area contributed by atoms with Crippen molar-refractivity contribution in [2.75, 3.05) is 31.6 Å². The summed E-state index contributed by atoms with van der Waals surface area (Å²) in [6, 6.07) is 7.74. The van der Waals surface area contributed by atoms with E-state index < -0.39 is 36.4 Å². The Bertz CT molecular complexity index is 1220. The van der Waals surface area contributed by atoms with Crippen molar-refractivity contribution in [3.8, 4) is 0 Å². The molecule has 1 amide bonds. The molecule has 3 atom stereocenters. The van der Waals surface area contributed by atoms with Gasteiger partial charge < -0.3 is 25.4 Å². The number of ether oxygens (including phenoxy) is 1. The molecular formula is C25H25F9N4O8. The molecule has 4 rings (SSSR count). The van der Waals surface area contributed by atoms with Crippen molar-refractivity contribution in [3.63, 3.8) is 0 Å². The second kappa shape index (κ2) is 17.2. The number of nitrogens with one attached hydrogen (secondary N) is 1. The van der Waals surface area contributed by atoms with E-state index >= 15 is 0 Å². The number of alkyl halides is 9. The first-order valence-electron chi connectivity index (χ1n) is 12.4. The molecule has 2 aromatic heterocycles. The lowest BCUT2D eigenvalue weighted by atomic mass is 9.82. The normalized spacial score (nSPS) is 19.4. The molecule has 0 saturated carbocycles. The predicted molar refractivity (Wildman–Crippen MR) is 135 cm³/mol. The molecule has 4 heterocycles. The van der Waals surface area contributed by atoms with Gasteiger partial charge in [-0.05, 0) is 35.6 Å². The molecule has 0 spiro atoms. The smallest absolute Gasteiger partial charge is 0.475 e. The number of amides is 1. The molecule has 0 unspecified atom stereocenters. The van der Waals surface area contributed by atoms with Gasteiger partial charge in [-0.1, -0.05) is 6.07 Å². The van der Waals surface area contributed by atoms with E-state index in [9.17, 15) is 44.3 Å². The summed E-state index contributed by atoms with van der Waals surface area (Å²) in [5.74, 6) is -7.60. The quantitative estimate of drug-likeness (QED) is 0.346. The van der Waals surface area contributed by atoms with Gasteiger partial charge in [0.05, 0.1) is 31.0 Å². The Kier molecular flexibility index (Phi) is 14.8. The number of likely N-dealkylation sites (tertiary alicyclic amines) is 1. The summed E-state index contributed by atoms with van der Waals surface area (Å²) in [5, 5.41) is 24.4. The number of pyridine rings is 2. The summed E-state index contributed by atoms with van der Waals surface area (Å²) in [6.07, 6.45) is -8.18. The van der Waals surface area contributed by atoms with Gasteiger partial charge in [0, 0.05) is 38.2 Å². The minimum Gasteiger partial charge on any atom is -0.475 e. The Morgan fingerprint density at radius 3 is 1.67 bits per heavy atom. The van der Waals surface area contributed by atoms with Gasteiger partial charge in [0.25, 0.3) is 0 Å². The van der Waals surface area contributed by atoms with Crippen molar-refractivity contribution < 1.29 is 78.7 Å². The Hall–Kier alpha value is -4.53. The summed E-state index contributed by atoms with van der Waals surface area (Å²) >= 11 is 0. The maximum absolute atomic E-state index is 12.7. The van der Waals surface area contributed by atoms with Crippen LogP contribution in [0.15, 0.2) is 49.1 Å². The number of hydrogen-bond donors (Lipinski definition) is 4. The molecule has 2 aliphatic rings. The summed E-state index contributed by atoms with van der Waals surface area (Å²) in [7, 11) is 0. The van der Waals surface area contributed by atoms with Gasteiger partial charge in [0.15, 0.2) is 0 Å². The third-order valence-corrected chi connectivity index (χ3v) is 5.84. The van der Waals surface area contributed by atoms with Gasteiger partial charge in [-0.15, -0.1) is 0 Å². The second-order valence-corrected chi connectivity index (χ2v) is 9.26. The molecule has 4 N–H and O–H groups in total. The van der Waals surface area contributed by atoms with E-state index in [0.717, 1.165) is 31.9 Å². The Labute approximate surface area is 252 Å². The highest BCUT2D eigenvalue weighted by Gasteiger charge is 2.44. The van der Waals surface area contributed by atoms with Gasteiger partial charge in [0.1, 0.15) is 0 Å². The highest BCUT2D eigenvalue weighted by atomic mass is 19.4. The SMILES string of the molecule is O=C(Nc1cccnc1)[C@@H]1COC[C@H]2CN(Cc3cccnc3)C[C@H]21.O=C(O)C(F)(F)F.O=C(O)C(F)(F)F.O=C(O)C(F)(F)F. The molecule has 12 nitrogen and oxygen atoms in total. The van der Waals surface area contributed by atoms with Crippen LogP contribution in [-0.2, 0) is 30.5 Å². The number of halogens is 9. The van der Waals surface area contributed by atoms with Crippen LogP contribution in [0, 0.1) is 17.8 Å². The van der Waals surface area contributed by atoms with Crippen LogP contribution in [0.25, 0.3) is 0 Å². The standard InChI is InChI=1S/C19H22N4O2.3C2HF3O2/c24-19(22-16-4-2-6-21-8-16)18-13-25-12-15-10-23(11-17(15)18)9-14-3-1-5-20-7-14;3*3-2(4,5)1(6)7/h1-8,15,17-18H,9-13H2,(H,22,24);3*(H,6,7)/t15-,17-,18-;;;/m1.../s1. The Morgan fingerprint density at radius 1 is 0.783 bits per heavy atom. The topological polar surface area (TPSA) is 179 Å². The highest BCUT2D eigenvalue weighted by molar-refractivity contribution is 5.92. The molecule has 21 heteroatoms. The third-order valence-electron chi connectivity index (χ3n) is 5.84. The van der Waals surface area contributed by atoms with Crippen LogP contribution in [0.5, 0.6) is 0 Å². The zero-order valence-corrected chi connectivity index (χ0v) is 23.0. The Balaban J connectivity index is 0.000000413. The van der Waals surface area contributed by atoms with Crippen molar-refractivity contribution >= 4 is 29.5 Å². The van der Waals surface area contributed by atoms with Crippen LogP contribution in [0.3, 0.4) is 0 Å². The zero-order valence-electron chi connectivity index (χ0n) is 23.0. The fourth-order valence-electron chi connectivity index (χ4n) is 3.91. The number of anilines is 1. The molecule has 0 bridgehead atoms. The van der Waals surface area contributed by atoms with E-state index in [4.69, 9.17) is 34.4 Å². The molecule has 2 fully saturated rings. The van der Waals surface area contributed by atoms with Crippen LogP contribution in [0.1, 0.15) is 5.56 Å². The summed E-state index contributed by atoms with van der Waals surface area (Å²) in [4.78, 5) is 50.1. The molecule has 2 saturated heterocycles. The minimum atomic E-state index is -5.08. The number of fused-ring (bicyclic) bond motifs is 1. The highest BCUT2D eigenvalue weighted by Crippen LogP contribution is 2.35. The summed E-state index contributed by atoms with van der Waals surface area (Å²) in [6.45, 7) is 4.00. The van der Waals surface area contributed by atoms with Gasteiger partial charge in [-0.2, -0.15) is 39.5 Å². The lowest BCUT2D eigenvalue weighted by Crippen LogP contribution is -2.41. The van der Waals surface area contributed by atoms with E-state index in [1.807, 2.05) is 24.4 Å². The largest absolute Gasteiger partial charge is 0.490 e. The van der Waals surface area contributed by atoms with Gasteiger partial charge in [-0.25, -0.2) is 14.4 Å². The number of carboxylic acid groups (broad SMARTS) is 3. The number of hydrogen-bond acceptors (Lipinski definition) is 8. The molecule has 2 aliphatic heterocycles. The first-order chi connectivity index (χ1) is 21.1. The van der Waals surface area contributed by atoms with Crippen LogP contribution >= 0.6 is 0 Å². The number of aromatic nitrogens is 2. The van der Waals surface area contributed by atoms with Crippen molar-refractivity contribution in [2.45, 2.75) is 25.1 Å². The maximum Gasteiger partial charge on any atom is 0.490 e. The van der Waals surface area contributed by atoms with Crippen LogP contribution in [0.4, 0.5) is 45.2 Å². The first kappa shape index (κ1) is 39.5. The van der Waals surface area contributed by atoms with Gasteiger partial charge in [0.2, 0.25) is 5.91 Å². The lowest BCUT2D eigenvalue weighted by Gasteiger charge is -2.32. The Morgan fingerprint density at radius 2 is 1.26 bits per heavy atom. The summed E-state index contributed by atoms with van der Waals surface area (Å²) < 4.78 is 101. The van der Waals surface area contributed by atoms with Crippen LogP contribution < -0.4 is 5.32 Å². The van der Waals surface area contributed by atoms with Crippen LogP contribution in [-0.4, -0.2) is 98.8 Å². The van der Waals surface area contributed by atoms with Crippen molar-refractivity contribution in [3.05, 3.63) is 54.6 Å². The summed E-state index contributed by atoms with van der Waals surface area (Å²) in [5.41, 5.74) is 1.94. The number of carbonyl (C=O) groups is 4. The molecule has 256 valence electrons. The number of rotatable bonds is 4. The van der Waals surface area contributed by atoms with Crippen molar-refractivity contribution in [2.24, 2.45) is 17.8 Å². The predicted octanol–water partition coefficient (Wildman–Crippen LogP) is 3.71. The van der Waals surface area contributed by atoms with E-state index in [0.29, 0.717) is 18.4 Å². The van der Waals surface area contributed by atoms with E-state index in [1.165, 1.54) is 5.56 Å². The van der Waals surface area contributed by atoms with E-state index in [-0.39, 0.29) is 11.8 Å². The molecule has 46 heavy (non-hydrogen) atoms. The monoisotopic (exact) mass is 680 g/mol. The third kappa shape index (κ3) is 14.5. The molecular weight excluding hydrogens is 655 g/mol. The lowest BCUT2D eigenvalue weighted by molar-refractivity contribution is -0.193. The number of nitrogens with zero attached hydrogens (tertiary/aromatic N) is 3. The molecule has 2 aromatic rings. The van der Waals surface area contributed by atoms with Gasteiger partial charge in [-0.3, -0.25) is 19.7 Å². The number of aliphatic carboxylic acids is 3. The maximum atomic E-state index is 12.7. The van der Waals surface area contributed by atoms with Crippen LogP contribution in [0.2, 0.25) is 0 Å². The number of carboxylic acids is 3. The van der Waals surface area contributed by atoms with E-state index in [1.54, 1.807) is 18.6 Å². The fraction of sp³-hybridized carbons (Fsp3) is 0.440. The number of carbonyl (C=O) groups excluding carboxylic acids is 1. The minimum absolute atomic E-state index is 0.0333. The molecule has 0 radical (unpaired) electrons. The molecule has 0 aromatic carbocycles.